The summed E-state index contributed by atoms with van der Waals surface area (Å²) >= 11 is 0. The van der Waals surface area contributed by atoms with E-state index in [1.165, 1.54) is 6.07 Å². The van der Waals surface area contributed by atoms with Gasteiger partial charge in [-0.05, 0) is 43.5 Å². The molecular formula is C15H21F3N2. The van der Waals surface area contributed by atoms with Crippen LogP contribution in [0.1, 0.15) is 36.8 Å². The van der Waals surface area contributed by atoms with Crippen LogP contribution in [0.3, 0.4) is 0 Å². The van der Waals surface area contributed by atoms with Gasteiger partial charge in [0, 0.05) is 18.8 Å². The van der Waals surface area contributed by atoms with Crippen LogP contribution >= 0.6 is 0 Å². The van der Waals surface area contributed by atoms with E-state index >= 15 is 0 Å². The van der Waals surface area contributed by atoms with E-state index < -0.39 is 11.7 Å². The molecule has 2 rings (SSSR count). The number of halogens is 3. The molecular weight excluding hydrogens is 265 g/mol. The lowest BCUT2D eigenvalue weighted by atomic mass is 10.0. The maximum Gasteiger partial charge on any atom is 0.416 e. The van der Waals surface area contributed by atoms with E-state index in [2.05, 4.69) is 0 Å². The number of rotatable bonds is 4. The molecule has 1 fully saturated rings. The SMILES string of the molecule is CN(c1ccc(CCN)c(C(F)(F)F)c1)C1CCCC1. The van der Waals surface area contributed by atoms with Crippen LogP contribution in [0.4, 0.5) is 18.9 Å². The molecule has 5 heteroatoms. The van der Waals surface area contributed by atoms with Crippen molar-refractivity contribution in [1.82, 2.24) is 0 Å². The van der Waals surface area contributed by atoms with Crippen LogP contribution in [-0.4, -0.2) is 19.6 Å². The van der Waals surface area contributed by atoms with Crippen molar-refractivity contribution in [2.45, 2.75) is 44.3 Å². The fourth-order valence-electron chi connectivity index (χ4n) is 2.92. The number of alkyl halides is 3. The zero-order valence-corrected chi connectivity index (χ0v) is 11.7. The van der Waals surface area contributed by atoms with Crippen LogP contribution in [0.2, 0.25) is 0 Å². The lowest BCUT2D eigenvalue weighted by molar-refractivity contribution is -0.138. The second-order valence-electron chi connectivity index (χ2n) is 5.43. The summed E-state index contributed by atoms with van der Waals surface area (Å²) in [5, 5.41) is 0. The first-order valence-corrected chi connectivity index (χ1v) is 7.06. The van der Waals surface area contributed by atoms with Gasteiger partial charge in [-0.25, -0.2) is 0 Å². The molecule has 0 heterocycles. The molecule has 1 aliphatic carbocycles. The Morgan fingerprint density at radius 3 is 2.45 bits per heavy atom. The molecule has 20 heavy (non-hydrogen) atoms. The molecule has 1 aromatic rings. The summed E-state index contributed by atoms with van der Waals surface area (Å²) in [6, 6.07) is 4.97. The van der Waals surface area contributed by atoms with Crippen LogP contribution in [0, 0.1) is 0 Å². The minimum atomic E-state index is -4.32. The first kappa shape index (κ1) is 15.2. The third-order valence-electron chi connectivity index (χ3n) is 4.09. The highest BCUT2D eigenvalue weighted by Gasteiger charge is 2.34. The van der Waals surface area contributed by atoms with Crippen LogP contribution in [0.25, 0.3) is 0 Å². The van der Waals surface area contributed by atoms with E-state index in [0.29, 0.717) is 11.7 Å². The van der Waals surface area contributed by atoms with E-state index in [0.717, 1.165) is 25.7 Å². The summed E-state index contributed by atoms with van der Waals surface area (Å²) in [6.07, 6.45) is 0.364. The maximum absolute atomic E-state index is 13.1. The molecule has 0 amide bonds. The topological polar surface area (TPSA) is 29.3 Å². The first-order valence-electron chi connectivity index (χ1n) is 7.06. The highest BCUT2D eigenvalue weighted by molar-refractivity contribution is 5.52. The molecule has 0 spiro atoms. The zero-order chi connectivity index (χ0) is 14.8. The normalized spacial score (nSPS) is 16.6. The molecule has 2 N–H and O–H groups in total. The number of hydrogen-bond donors (Lipinski definition) is 1. The molecule has 1 saturated carbocycles. The summed E-state index contributed by atoms with van der Waals surface area (Å²) in [6.45, 7) is 0.223. The minimum Gasteiger partial charge on any atom is -0.372 e. The Morgan fingerprint density at radius 2 is 1.90 bits per heavy atom. The van der Waals surface area contributed by atoms with Crippen molar-refractivity contribution >= 4 is 5.69 Å². The highest BCUT2D eigenvalue weighted by atomic mass is 19.4. The molecule has 1 aliphatic rings. The number of nitrogens with two attached hydrogens (primary N) is 1. The molecule has 0 aliphatic heterocycles. The van der Waals surface area contributed by atoms with Gasteiger partial charge in [-0.1, -0.05) is 18.9 Å². The average molecular weight is 286 g/mol. The number of benzene rings is 1. The Morgan fingerprint density at radius 1 is 1.25 bits per heavy atom. The summed E-state index contributed by atoms with van der Waals surface area (Å²) in [7, 11) is 1.88. The van der Waals surface area contributed by atoms with Crippen LogP contribution in [0.15, 0.2) is 18.2 Å². The number of hydrogen-bond acceptors (Lipinski definition) is 2. The van der Waals surface area contributed by atoms with Crippen molar-refractivity contribution < 1.29 is 13.2 Å². The summed E-state index contributed by atoms with van der Waals surface area (Å²) < 4.78 is 39.4. The molecule has 0 atom stereocenters. The van der Waals surface area contributed by atoms with Gasteiger partial charge >= 0.3 is 6.18 Å². The van der Waals surface area contributed by atoms with E-state index in [1.807, 2.05) is 11.9 Å². The van der Waals surface area contributed by atoms with E-state index in [9.17, 15) is 13.2 Å². The van der Waals surface area contributed by atoms with Crippen molar-refractivity contribution in [3.05, 3.63) is 29.3 Å². The third kappa shape index (κ3) is 3.26. The van der Waals surface area contributed by atoms with Gasteiger partial charge in [0.1, 0.15) is 0 Å². The largest absolute Gasteiger partial charge is 0.416 e. The van der Waals surface area contributed by atoms with Gasteiger partial charge in [0.25, 0.3) is 0 Å². The highest BCUT2D eigenvalue weighted by Crippen LogP contribution is 2.36. The van der Waals surface area contributed by atoms with E-state index in [4.69, 9.17) is 5.73 Å². The van der Waals surface area contributed by atoms with Gasteiger partial charge in [0.05, 0.1) is 5.56 Å². The molecule has 0 saturated heterocycles. The Kier molecular flexibility index (Phi) is 4.58. The minimum absolute atomic E-state index is 0.223. The molecule has 1 aromatic carbocycles. The summed E-state index contributed by atoms with van der Waals surface area (Å²) in [4.78, 5) is 1.98. The molecule has 112 valence electrons. The Hall–Kier alpha value is -1.23. The predicted molar refractivity (Wildman–Crippen MR) is 74.9 cm³/mol. The lowest BCUT2D eigenvalue weighted by Crippen LogP contribution is -2.29. The number of nitrogens with zero attached hydrogens (tertiary/aromatic N) is 1. The van der Waals surface area contributed by atoms with Crippen LogP contribution in [0.5, 0.6) is 0 Å². The molecule has 0 aromatic heterocycles. The smallest absolute Gasteiger partial charge is 0.372 e. The van der Waals surface area contributed by atoms with Gasteiger partial charge in [0.15, 0.2) is 0 Å². The zero-order valence-electron chi connectivity index (χ0n) is 11.7. The molecule has 0 unspecified atom stereocenters. The Balaban J connectivity index is 2.31. The second kappa shape index (κ2) is 6.04. The maximum atomic E-state index is 13.1. The van der Waals surface area contributed by atoms with Gasteiger partial charge in [-0.3, -0.25) is 0 Å². The van der Waals surface area contributed by atoms with Crippen molar-refractivity contribution in [1.29, 1.82) is 0 Å². The van der Waals surface area contributed by atoms with Gasteiger partial charge in [-0.2, -0.15) is 13.2 Å². The standard InChI is InChI=1S/C15H21F3N2/c1-20(12-4-2-3-5-12)13-7-6-11(8-9-19)14(10-13)15(16,17)18/h6-7,10,12H,2-5,8-9,19H2,1H3. The fourth-order valence-corrected chi connectivity index (χ4v) is 2.92. The van der Waals surface area contributed by atoms with Crippen molar-refractivity contribution in [3.63, 3.8) is 0 Å². The number of anilines is 1. The average Bonchev–Trinajstić information content (AvgIpc) is 2.91. The van der Waals surface area contributed by atoms with Gasteiger partial charge in [0.2, 0.25) is 0 Å². The lowest BCUT2D eigenvalue weighted by Gasteiger charge is -2.28. The fraction of sp³-hybridized carbons (Fsp3) is 0.600. The van der Waals surface area contributed by atoms with Crippen molar-refractivity contribution in [3.8, 4) is 0 Å². The molecule has 2 nitrogen and oxygen atoms in total. The Bertz CT molecular complexity index is 451. The van der Waals surface area contributed by atoms with Crippen molar-refractivity contribution in [2.24, 2.45) is 5.73 Å². The van der Waals surface area contributed by atoms with Crippen LogP contribution in [-0.2, 0) is 12.6 Å². The summed E-state index contributed by atoms with van der Waals surface area (Å²) in [5.41, 5.74) is 5.77. The van der Waals surface area contributed by atoms with Gasteiger partial charge < -0.3 is 10.6 Å². The second-order valence-corrected chi connectivity index (χ2v) is 5.43. The van der Waals surface area contributed by atoms with E-state index in [1.54, 1.807) is 12.1 Å². The predicted octanol–water partition coefficient (Wildman–Crippen LogP) is 3.59. The first-order chi connectivity index (χ1) is 9.43. The third-order valence-corrected chi connectivity index (χ3v) is 4.09. The molecule has 0 bridgehead atoms. The summed E-state index contributed by atoms with van der Waals surface area (Å²) in [5.74, 6) is 0. The van der Waals surface area contributed by atoms with Crippen LogP contribution < -0.4 is 10.6 Å². The monoisotopic (exact) mass is 286 g/mol. The Labute approximate surface area is 117 Å². The molecule has 0 radical (unpaired) electrons. The van der Waals surface area contributed by atoms with Gasteiger partial charge in [-0.15, -0.1) is 0 Å². The van der Waals surface area contributed by atoms with E-state index in [-0.39, 0.29) is 18.5 Å². The van der Waals surface area contributed by atoms with Crippen molar-refractivity contribution in [2.75, 3.05) is 18.5 Å². The quantitative estimate of drug-likeness (QED) is 0.916.